The van der Waals surface area contributed by atoms with Gasteiger partial charge in [-0.3, -0.25) is 0 Å². The van der Waals surface area contributed by atoms with E-state index < -0.39 is 5.97 Å². The van der Waals surface area contributed by atoms with Crippen LogP contribution in [0.2, 0.25) is 0 Å². The minimum absolute atomic E-state index is 0.116. The standard InChI is InChI=1S/C28H42O4.C2H6/c1-5-6-22(32-26(31)18(2)17-29)16-20-8-10-24-23-9-7-19-15-21(30)11-13-27(19,3)25(23)12-14-28(20,24)4;1-2/h5,7,20-25,29-30H,1-2,6,8-17H2,3-4H3;1-2H3. The molecule has 4 nitrogen and oxygen atoms in total. The molecule has 192 valence electrons. The van der Waals surface area contributed by atoms with Gasteiger partial charge in [-0.25, -0.2) is 4.79 Å². The predicted molar refractivity (Wildman–Crippen MR) is 138 cm³/mol. The average molecular weight is 473 g/mol. The van der Waals surface area contributed by atoms with E-state index in [-0.39, 0.29) is 35.2 Å². The number of aliphatic hydroxyl groups is 2. The summed E-state index contributed by atoms with van der Waals surface area (Å²) in [7, 11) is 0. The van der Waals surface area contributed by atoms with Gasteiger partial charge in [0.2, 0.25) is 0 Å². The highest BCUT2D eigenvalue weighted by Crippen LogP contribution is 2.66. The smallest absolute Gasteiger partial charge is 0.336 e. The van der Waals surface area contributed by atoms with Crippen molar-refractivity contribution in [2.45, 2.75) is 104 Å². The van der Waals surface area contributed by atoms with Crippen molar-refractivity contribution in [3.05, 3.63) is 36.5 Å². The zero-order valence-corrected chi connectivity index (χ0v) is 22.0. The Balaban J connectivity index is 0.00000158. The summed E-state index contributed by atoms with van der Waals surface area (Å²) in [4.78, 5) is 12.2. The highest BCUT2D eigenvalue weighted by Gasteiger charge is 2.58. The number of esters is 1. The minimum atomic E-state index is -0.486. The van der Waals surface area contributed by atoms with Crippen LogP contribution in [0.4, 0.5) is 0 Å². The van der Waals surface area contributed by atoms with E-state index in [0.29, 0.717) is 12.3 Å². The van der Waals surface area contributed by atoms with Gasteiger partial charge >= 0.3 is 5.97 Å². The first-order valence-electron chi connectivity index (χ1n) is 13.7. The van der Waals surface area contributed by atoms with Crippen LogP contribution in [-0.2, 0) is 9.53 Å². The molecule has 4 rings (SSSR count). The molecular formula is C30H48O4. The van der Waals surface area contributed by atoms with Gasteiger partial charge in [-0.1, -0.05) is 52.0 Å². The molecule has 3 saturated carbocycles. The summed E-state index contributed by atoms with van der Waals surface area (Å²) in [5.74, 6) is 2.25. The number of fused-ring (bicyclic) bond motifs is 5. The van der Waals surface area contributed by atoms with Crippen LogP contribution in [0, 0.1) is 34.5 Å². The van der Waals surface area contributed by atoms with E-state index in [2.05, 4.69) is 33.1 Å². The van der Waals surface area contributed by atoms with E-state index in [1.165, 1.54) is 31.3 Å². The molecule has 0 bridgehead atoms. The summed E-state index contributed by atoms with van der Waals surface area (Å²) in [6.07, 6.45) is 14.6. The molecule has 3 fully saturated rings. The van der Waals surface area contributed by atoms with Crippen LogP contribution < -0.4 is 0 Å². The van der Waals surface area contributed by atoms with E-state index in [4.69, 9.17) is 4.74 Å². The zero-order chi connectivity index (χ0) is 25.1. The molecule has 4 aliphatic rings. The van der Waals surface area contributed by atoms with Gasteiger partial charge in [0.1, 0.15) is 6.10 Å². The lowest BCUT2D eigenvalue weighted by atomic mass is 9.47. The Kier molecular flexibility index (Phi) is 8.90. The van der Waals surface area contributed by atoms with E-state index in [1.54, 1.807) is 0 Å². The molecule has 0 heterocycles. The van der Waals surface area contributed by atoms with Crippen LogP contribution in [0.5, 0.6) is 0 Å². The number of hydrogen-bond acceptors (Lipinski definition) is 4. The maximum Gasteiger partial charge on any atom is 0.336 e. The van der Waals surface area contributed by atoms with Gasteiger partial charge in [-0.2, -0.15) is 0 Å². The molecule has 0 radical (unpaired) electrons. The van der Waals surface area contributed by atoms with Crippen molar-refractivity contribution >= 4 is 5.97 Å². The molecule has 8 atom stereocenters. The Labute approximate surface area is 207 Å². The fourth-order valence-corrected chi connectivity index (χ4v) is 8.13. The van der Waals surface area contributed by atoms with Crippen LogP contribution in [0.3, 0.4) is 0 Å². The van der Waals surface area contributed by atoms with E-state index >= 15 is 0 Å². The maximum atomic E-state index is 12.2. The van der Waals surface area contributed by atoms with Crippen molar-refractivity contribution in [2.75, 3.05) is 6.61 Å². The number of aliphatic hydroxyl groups excluding tert-OH is 2. The lowest BCUT2D eigenvalue weighted by Crippen LogP contribution is -2.50. The molecule has 4 heteroatoms. The molecule has 0 aromatic carbocycles. The number of hydrogen-bond donors (Lipinski definition) is 2. The predicted octanol–water partition coefficient (Wildman–Crippen LogP) is 6.38. The van der Waals surface area contributed by atoms with Crippen LogP contribution in [-0.4, -0.2) is 35.0 Å². The van der Waals surface area contributed by atoms with Gasteiger partial charge in [0.15, 0.2) is 0 Å². The second-order valence-corrected chi connectivity index (χ2v) is 11.5. The number of allylic oxidation sites excluding steroid dienone is 1. The zero-order valence-electron chi connectivity index (χ0n) is 22.0. The van der Waals surface area contributed by atoms with E-state index in [0.717, 1.165) is 49.9 Å². The van der Waals surface area contributed by atoms with Crippen molar-refractivity contribution < 1.29 is 19.7 Å². The van der Waals surface area contributed by atoms with Gasteiger partial charge in [0, 0.05) is 6.42 Å². The summed E-state index contributed by atoms with van der Waals surface area (Å²) < 4.78 is 5.73. The second-order valence-electron chi connectivity index (χ2n) is 11.5. The third-order valence-corrected chi connectivity index (χ3v) is 10.0. The largest absolute Gasteiger partial charge is 0.459 e. The number of rotatable bonds is 7. The Morgan fingerprint density at radius 1 is 1.21 bits per heavy atom. The lowest BCUT2D eigenvalue weighted by molar-refractivity contribution is -0.146. The molecule has 4 aliphatic carbocycles. The Bertz CT molecular complexity index is 785. The number of carbonyl (C=O) groups is 1. The van der Waals surface area contributed by atoms with Crippen molar-refractivity contribution in [1.82, 2.24) is 0 Å². The monoisotopic (exact) mass is 472 g/mol. The summed E-state index contributed by atoms with van der Waals surface area (Å²) >= 11 is 0. The molecule has 0 aromatic rings. The van der Waals surface area contributed by atoms with Gasteiger partial charge in [-0.15, -0.1) is 6.58 Å². The highest BCUT2D eigenvalue weighted by atomic mass is 16.5. The molecule has 34 heavy (non-hydrogen) atoms. The van der Waals surface area contributed by atoms with Crippen molar-refractivity contribution in [1.29, 1.82) is 0 Å². The third-order valence-electron chi connectivity index (χ3n) is 10.0. The first kappa shape index (κ1) is 27.2. The molecule has 0 aliphatic heterocycles. The molecule has 0 aromatic heterocycles. The van der Waals surface area contributed by atoms with E-state index in [1.807, 2.05) is 19.9 Å². The van der Waals surface area contributed by atoms with Crippen LogP contribution in [0.15, 0.2) is 36.5 Å². The van der Waals surface area contributed by atoms with Crippen LogP contribution in [0.25, 0.3) is 0 Å². The van der Waals surface area contributed by atoms with E-state index in [9.17, 15) is 15.0 Å². The average Bonchev–Trinajstić information content (AvgIpc) is 3.16. The summed E-state index contributed by atoms with van der Waals surface area (Å²) in [6.45, 7) is 16.1. The van der Waals surface area contributed by atoms with Gasteiger partial charge in [0.05, 0.1) is 18.3 Å². The Morgan fingerprint density at radius 2 is 1.94 bits per heavy atom. The van der Waals surface area contributed by atoms with Crippen molar-refractivity contribution in [2.24, 2.45) is 34.5 Å². The number of ether oxygens (including phenoxy) is 1. The first-order chi connectivity index (χ1) is 16.2. The molecule has 8 unspecified atom stereocenters. The lowest BCUT2D eigenvalue weighted by Gasteiger charge is -2.58. The Morgan fingerprint density at radius 3 is 2.62 bits per heavy atom. The van der Waals surface area contributed by atoms with Crippen molar-refractivity contribution in [3.8, 4) is 0 Å². The molecule has 0 spiro atoms. The fourth-order valence-electron chi connectivity index (χ4n) is 8.13. The highest BCUT2D eigenvalue weighted by molar-refractivity contribution is 5.88. The molecule has 2 N–H and O–H groups in total. The molecular weight excluding hydrogens is 424 g/mol. The SMILES string of the molecule is C=CCC(CC1CCC2C3CC=C4CC(O)CCC4(C)C3CCC12C)OC(=O)C(=C)CO.CC. The first-order valence-corrected chi connectivity index (χ1v) is 13.7. The second kappa shape index (κ2) is 11.1. The quantitative estimate of drug-likeness (QED) is 0.256. The van der Waals surface area contributed by atoms with Gasteiger partial charge in [-0.05, 0) is 92.3 Å². The van der Waals surface area contributed by atoms with Crippen LogP contribution >= 0.6 is 0 Å². The fraction of sp³-hybridized carbons (Fsp3) is 0.767. The summed E-state index contributed by atoms with van der Waals surface area (Å²) in [5, 5.41) is 19.4. The third kappa shape index (κ3) is 4.95. The summed E-state index contributed by atoms with van der Waals surface area (Å²) in [6, 6.07) is 0. The van der Waals surface area contributed by atoms with Gasteiger partial charge in [0.25, 0.3) is 0 Å². The topological polar surface area (TPSA) is 66.8 Å². The minimum Gasteiger partial charge on any atom is -0.459 e. The molecule has 0 saturated heterocycles. The number of carbonyl (C=O) groups excluding carboxylic acids is 1. The normalized spacial score (nSPS) is 39.2. The summed E-state index contributed by atoms with van der Waals surface area (Å²) in [5.41, 5.74) is 2.20. The van der Waals surface area contributed by atoms with Crippen LogP contribution in [0.1, 0.15) is 91.9 Å². The van der Waals surface area contributed by atoms with Crippen molar-refractivity contribution in [3.63, 3.8) is 0 Å². The molecule has 0 amide bonds. The Hall–Kier alpha value is -1.39. The van der Waals surface area contributed by atoms with Gasteiger partial charge < -0.3 is 14.9 Å². The maximum absolute atomic E-state index is 12.2.